The molecule has 0 aliphatic heterocycles. The van der Waals surface area contributed by atoms with E-state index in [1.54, 1.807) is 0 Å². The van der Waals surface area contributed by atoms with Gasteiger partial charge in [0.2, 0.25) is 0 Å². The molecule has 0 fully saturated rings. The van der Waals surface area contributed by atoms with E-state index in [0.29, 0.717) is 109 Å². The molecule has 0 aromatic rings. The normalized spacial score (nSPS) is 12.5. The number of aliphatic carboxylic acids is 1. The lowest BCUT2D eigenvalue weighted by atomic mass is 9.96. The number of aliphatic hydroxyl groups excluding tert-OH is 1. The summed E-state index contributed by atoms with van der Waals surface area (Å²) in [6, 6.07) is 0. The summed E-state index contributed by atoms with van der Waals surface area (Å²) in [5.41, 5.74) is 0. The first kappa shape index (κ1) is 123. The molecular weight excluding hydrogens is 1550 g/mol. The van der Waals surface area contributed by atoms with Crippen molar-refractivity contribution in [1.82, 2.24) is 19.6 Å². The maximum absolute atomic E-state index is 12.9. The number of carboxylic acid groups (broad SMARTS) is 1. The molecule has 0 aliphatic rings. The number of rotatable bonds is 91. The number of carbonyl (C=O) groups excluding carboxylic acids is 5. The van der Waals surface area contributed by atoms with Crippen molar-refractivity contribution in [2.75, 3.05) is 118 Å². The second-order valence-electron chi connectivity index (χ2n) is 35.0. The molecule has 0 saturated heterocycles. The van der Waals surface area contributed by atoms with E-state index in [9.17, 15) is 33.9 Å². The summed E-state index contributed by atoms with van der Waals surface area (Å²) in [6.07, 6.45) is 73.2. The molecule has 0 saturated carbocycles. The first-order valence-corrected chi connectivity index (χ1v) is 52.2. The summed E-state index contributed by atoms with van der Waals surface area (Å²) in [7, 11) is 0. The number of hydrogen-bond donors (Lipinski definition) is 2. The Hall–Kier alpha value is -4.30. The molecular formula is C104H202N4O15. The van der Waals surface area contributed by atoms with Crippen molar-refractivity contribution in [3.63, 3.8) is 0 Å². The van der Waals surface area contributed by atoms with Crippen molar-refractivity contribution in [3.8, 4) is 0 Å². The van der Waals surface area contributed by atoms with Crippen LogP contribution in [-0.4, -0.2) is 196 Å². The zero-order valence-electron chi connectivity index (χ0n) is 82.8. The van der Waals surface area contributed by atoms with Gasteiger partial charge in [-0.2, -0.15) is 0 Å². The highest BCUT2D eigenvalue weighted by atomic mass is 16.7. The predicted molar refractivity (Wildman–Crippen MR) is 516 cm³/mol. The molecule has 0 spiro atoms. The molecule has 0 bridgehead atoms. The molecule has 0 radical (unpaired) electrons. The number of allylic oxidation sites excluding steroid dienone is 4. The average Bonchev–Trinajstić information content (AvgIpc) is 0.952. The molecule has 0 heterocycles. The number of carboxylic acids is 1. The second-order valence-corrected chi connectivity index (χ2v) is 35.0. The lowest BCUT2D eigenvalue weighted by molar-refractivity contribution is -0.146. The fourth-order valence-electron chi connectivity index (χ4n) is 15.3. The Morgan fingerprint density at radius 3 is 0.854 bits per heavy atom. The molecule has 2 N–H and O–H groups in total. The van der Waals surface area contributed by atoms with Crippen LogP contribution in [0.25, 0.3) is 0 Å². The predicted octanol–water partition coefficient (Wildman–Crippen LogP) is 27.9. The van der Waals surface area contributed by atoms with Crippen molar-refractivity contribution in [1.29, 1.82) is 0 Å². The van der Waals surface area contributed by atoms with Crippen LogP contribution in [0.15, 0.2) is 24.3 Å². The van der Waals surface area contributed by atoms with Crippen LogP contribution >= 0.6 is 0 Å². The van der Waals surface area contributed by atoms with Crippen molar-refractivity contribution in [3.05, 3.63) is 24.3 Å². The number of aliphatic hydroxyl groups is 1. The summed E-state index contributed by atoms with van der Waals surface area (Å²) in [4.78, 5) is 82.5. The number of unbranched alkanes of at least 4 members (excludes halogenated alkanes) is 36. The van der Waals surface area contributed by atoms with Crippen molar-refractivity contribution >= 4 is 36.2 Å². The van der Waals surface area contributed by atoms with Crippen LogP contribution < -0.4 is 0 Å². The van der Waals surface area contributed by atoms with Crippen LogP contribution in [0.2, 0.25) is 0 Å². The van der Waals surface area contributed by atoms with Gasteiger partial charge in [0.05, 0.1) is 19.8 Å². The molecule has 0 aromatic carbocycles. The van der Waals surface area contributed by atoms with E-state index < -0.39 is 18.3 Å². The van der Waals surface area contributed by atoms with Gasteiger partial charge in [0.1, 0.15) is 32.0 Å². The van der Waals surface area contributed by atoms with Gasteiger partial charge in [-0.25, -0.2) is 9.59 Å². The number of likely N-dealkylation sites (N-methyl/N-ethyl adjacent to an activating group) is 2. The molecule has 4 atom stereocenters. The van der Waals surface area contributed by atoms with Crippen LogP contribution in [0, 0.1) is 11.8 Å². The fourth-order valence-corrected chi connectivity index (χ4v) is 15.3. The topological polar surface area (TPSA) is 220 Å². The van der Waals surface area contributed by atoms with E-state index in [1.807, 2.05) is 0 Å². The number of hydrogen-bond acceptors (Lipinski definition) is 18. The largest absolute Gasteiger partial charge is 0.508 e. The van der Waals surface area contributed by atoms with Gasteiger partial charge < -0.3 is 53.2 Å². The number of carbonyl (C=O) groups is 6. The Balaban J connectivity index is -0.00000199. The first-order valence-electron chi connectivity index (χ1n) is 52.2. The smallest absolute Gasteiger partial charge is 0.481 e. The molecule has 19 nitrogen and oxygen atoms in total. The highest BCUT2D eigenvalue weighted by Crippen LogP contribution is 2.24. The van der Waals surface area contributed by atoms with E-state index >= 15 is 0 Å². The monoisotopic (exact) mass is 1750 g/mol. The standard InChI is InChI=1S/C52H100N2O7.C34H68N2O6.C18H34O2/c1-7-13-17-20-21-22-23-24-25-26-27-28-29-30-33-39-50(55)58-45-43-54(42-41-53(11-5)12-6)44-46-59-52(57)61-49(37-32-19-15-9-3)38-34-40-51(56)60-47-48(35-16-10-4)36-31-18-14-8-2;1-6-11-14-16-20-31(19-13-8-3)30-41-33(38)23-18-22-32(21-17-15-12-7-2)42-34(39)40-29-27-36(26-28-37)25-24-35(9-4)10-5;1-2-3-4-5-6-7-8-9-10-11-12-13-14-15-16-17-18(19)20/h24-25,48-49H,7-23,26-47H2,1-6H3;31-32,37H,6-30H2,1-5H3;9-10H,2-8,11-17H2,1H3,(H,19,20)/b25-24-;;10-9-. The third-order valence-electron chi connectivity index (χ3n) is 23.8. The third-order valence-corrected chi connectivity index (χ3v) is 23.8. The Labute approximate surface area is 758 Å². The van der Waals surface area contributed by atoms with Crippen LogP contribution in [0.1, 0.15) is 468 Å². The molecule has 0 rings (SSSR count). The molecule has 0 aliphatic carbocycles. The van der Waals surface area contributed by atoms with Crippen molar-refractivity contribution in [2.45, 2.75) is 481 Å². The van der Waals surface area contributed by atoms with E-state index in [4.69, 9.17) is 38.3 Å². The summed E-state index contributed by atoms with van der Waals surface area (Å²) >= 11 is 0. The van der Waals surface area contributed by atoms with Gasteiger partial charge in [-0.15, -0.1) is 0 Å². The molecule has 123 heavy (non-hydrogen) atoms. The molecule has 728 valence electrons. The summed E-state index contributed by atoms with van der Waals surface area (Å²) in [6.45, 7) is 37.8. The van der Waals surface area contributed by atoms with Crippen molar-refractivity contribution in [2.24, 2.45) is 11.8 Å². The maximum Gasteiger partial charge on any atom is 0.508 e. The zero-order valence-corrected chi connectivity index (χ0v) is 82.8. The van der Waals surface area contributed by atoms with E-state index in [0.717, 1.165) is 187 Å². The Morgan fingerprint density at radius 2 is 0.520 bits per heavy atom. The van der Waals surface area contributed by atoms with Gasteiger partial charge >= 0.3 is 36.2 Å². The quantitative estimate of drug-likeness (QED) is 0.0250. The van der Waals surface area contributed by atoms with E-state index in [-0.39, 0.29) is 49.9 Å². The van der Waals surface area contributed by atoms with Gasteiger partial charge in [0.15, 0.2) is 0 Å². The van der Waals surface area contributed by atoms with Crippen LogP contribution in [0.3, 0.4) is 0 Å². The molecule has 0 amide bonds. The summed E-state index contributed by atoms with van der Waals surface area (Å²) in [5, 5.41) is 17.9. The minimum absolute atomic E-state index is 0.0727. The van der Waals surface area contributed by atoms with Gasteiger partial charge in [-0.1, -0.05) is 326 Å². The van der Waals surface area contributed by atoms with Gasteiger partial charge in [0.25, 0.3) is 0 Å². The maximum atomic E-state index is 12.9. The SMILES string of the molecule is CCCCCCC(CCCC)COC(=O)CCCC(CCCCCC)OC(=O)OCCN(CCO)CCN(CC)CC.CCCCCCCC/C=C\CCCCCCCC(=O)O.CCCCCCCC/C=C\CCCCCCCC(=O)OCCN(CCOC(=O)OC(CCCCCC)CCCC(=O)OCC(CCCC)CCCCCC)CCN(CC)CC. The number of esters is 3. The molecule has 0 aromatic heterocycles. The zero-order chi connectivity index (χ0) is 91.0. The lowest BCUT2D eigenvalue weighted by Gasteiger charge is -2.26. The van der Waals surface area contributed by atoms with Crippen LogP contribution in [-0.2, 0) is 52.3 Å². The van der Waals surface area contributed by atoms with Gasteiger partial charge in [-0.05, 0) is 179 Å². The summed E-state index contributed by atoms with van der Waals surface area (Å²) < 4.78 is 39.6. The number of nitrogens with zero attached hydrogens (tertiary/aromatic N) is 4. The lowest BCUT2D eigenvalue weighted by Crippen LogP contribution is -2.39. The second kappa shape index (κ2) is 99.9. The van der Waals surface area contributed by atoms with Crippen LogP contribution in [0.5, 0.6) is 0 Å². The Morgan fingerprint density at radius 1 is 0.260 bits per heavy atom. The van der Waals surface area contributed by atoms with E-state index in [2.05, 4.69) is 127 Å². The van der Waals surface area contributed by atoms with Crippen LogP contribution in [0.4, 0.5) is 9.59 Å². The third kappa shape index (κ3) is 92.2. The van der Waals surface area contributed by atoms with Crippen molar-refractivity contribution < 1.29 is 72.1 Å². The number of ether oxygens (including phenoxy) is 7. The average molecular weight is 1750 g/mol. The highest BCUT2D eigenvalue weighted by Gasteiger charge is 2.22. The Kier molecular flexibility index (Phi) is 99.7. The van der Waals surface area contributed by atoms with E-state index in [1.165, 1.54) is 199 Å². The van der Waals surface area contributed by atoms with Gasteiger partial charge in [-0.3, -0.25) is 29.0 Å². The molecule has 4 unspecified atom stereocenters. The fraction of sp³-hybridized carbons (Fsp3) is 0.904. The summed E-state index contributed by atoms with van der Waals surface area (Å²) in [5.74, 6) is -0.191. The first-order chi connectivity index (χ1) is 60.0. The molecule has 19 heteroatoms. The van der Waals surface area contributed by atoms with Gasteiger partial charge in [0, 0.05) is 78.0 Å². The minimum Gasteiger partial charge on any atom is -0.481 e. The minimum atomic E-state index is -0.664. The highest BCUT2D eigenvalue weighted by molar-refractivity contribution is 5.70. The Bertz CT molecular complexity index is 2310.